The number of aromatic nitrogens is 1. The van der Waals surface area contributed by atoms with Gasteiger partial charge in [0.25, 0.3) is 0 Å². The fourth-order valence-electron chi connectivity index (χ4n) is 4.04. The van der Waals surface area contributed by atoms with Gasteiger partial charge in [-0.25, -0.2) is 0 Å². The Morgan fingerprint density at radius 2 is 1.42 bits per heavy atom. The van der Waals surface area contributed by atoms with Crippen molar-refractivity contribution in [2.45, 2.75) is 32.0 Å². The van der Waals surface area contributed by atoms with Gasteiger partial charge in [-0.3, -0.25) is 14.6 Å². The molecular weight excluding hydrogens is 470 g/mol. The zero-order valence-electron chi connectivity index (χ0n) is 19.9. The molecule has 0 aliphatic carbocycles. The van der Waals surface area contributed by atoms with Gasteiger partial charge in [0.2, 0.25) is 11.8 Å². The number of benzene rings is 3. The number of nitrogens with zero attached hydrogens (tertiary/aromatic N) is 2. The summed E-state index contributed by atoms with van der Waals surface area (Å²) in [6.45, 7) is 0.630. The molecule has 1 heterocycles. The van der Waals surface area contributed by atoms with Crippen LogP contribution in [0.1, 0.15) is 34.7 Å². The third kappa shape index (κ3) is 7.03. The molecule has 4 aromatic rings. The Hall–Kier alpha value is -3.96. The lowest BCUT2D eigenvalue weighted by molar-refractivity contribution is -0.141. The van der Waals surface area contributed by atoms with Crippen molar-refractivity contribution in [3.05, 3.63) is 137 Å². The van der Waals surface area contributed by atoms with Crippen LogP contribution in [0.3, 0.4) is 0 Å². The van der Waals surface area contributed by atoms with Gasteiger partial charge in [0, 0.05) is 36.9 Å². The van der Waals surface area contributed by atoms with Crippen molar-refractivity contribution in [3.8, 4) is 0 Å². The highest BCUT2D eigenvalue weighted by atomic mass is 35.5. The number of pyridine rings is 1. The summed E-state index contributed by atoms with van der Waals surface area (Å²) < 4.78 is 0. The highest BCUT2D eigenvalue weighted by Gasteiger charge is 2.31. The summed E-state index contributed by atoms with van der Waals surface area (Å²) in [6, 6.07) is 29.6. The Labute approximate surface area is 216 Å². The standard InChI is InChI=1S/C30H28ClN3O2/c31-27-14-11-25(12-15-27)22-34(28(35)16-13-23-7-3-1-4-8-23)29(26-9-5-2-6-10-26)30(36)33-21-24-17-19-32-20-18-24/h1-12,14-15,17-20,29H,13,16,21-22H2,(H,33,36)/t29-/m0/s1. The summed E-state index contributed by atoms with van der Waals surface area (Å²) in [4.78, 5) is 33.0. The number of rotatable bonds is 10. The van der Waals surface area contributed by atoms with Gasteiger partial charge in [0.1, 0.15) is 6.04 Å². The third-order valence-corrected chi connectivity index (χ3v) is 6.20. The minimum Gasteiger partial charge on any atom is -0.350 e. The fourth-order valence-corrected chi connectivity index (χ4v) is 4.17. The second-order valence-electron chi connectivity index (χ2n) is 8.52. The van der Waals surface area contributed by atoms with E-state index in [2.05, 4.69) is 10.3 Å². The maximum atomic E-state index is 13.7. The fraction of sp³-hybridized carbons (Fsp3) is 0.167. The summed E-state index contributed by atoms with van der Waals surface area (Å²) in [5, 5.41) is 3.64. The molecule has 4 rings (SSSR count). The first-order chi connectivity index (χ1) is 17.6. The first-order valence-electron chi connectivity index (χ1n) is 11.9. The lowest BCUT2D eigenvalue weighted by atomic mass is 10.0. The van der Waals surface area contributed by atoms with E-state index in [1.54, 1.807) is 29.4 Å². The molecule has 0 fully saturated rings. The van der Waals surface area contributed by atoms with E-state index in [9.17, 15) is 9.59 Å². The number of carbonyl (C=O) groups excluding carboxylic acids is 2. The van der Waals surface area contributed by atoms with Crippen LogP contribution in [0.15, 0.2) is 109 Å². The lowest BCUT2D eigenvalue weighted by Gasteiger charge is -2.32. The number of carbonyl (C=O) groups is 2. The van der Waals surface area contributed by atoms with Crippen molar-refractivity contribution in [2.75, 3.05) is 0 Å². The van der Waals surface area contributed by atoms with Crippen molar-refractivity contribution in [1.82, 2.24) is 15.2 Å². The Kier molecular flexibility index (Phi) is 8.84. The molecule has 6 heteroatoms. The predicted molar refractivity (Wildman–Crippen MR) is 142 cm³/mol. The summed E-state index contributed by atoms with van der Waals surface area (Å²) in [5.41, 5.74) is 3.67. The molecule has 1 aromatic heterocycles. The molecule has 0 unspecified atom stereocenters. The van der Waals surface area contributed by atoms with Gasteiger partial charge in [-0.1, -0.05) is 84.4 Å². The van der Waals surface area contributed by atoms with Crippen molar-refractivity contribution >= 4 is 23.4 Å². The van der Waals surface area contributed by atoms with E-state index >= 15 is 0 Å². The number of halogens is 1. The molecular formula is C30H28ClN3O2. The summed E-state index contributed by atoms with van der Waals surface area (Å²) in [6.07, 6.45) is 4.27. The topological polar surface area (TPSA) is 62.3 Å². The van der Waals surface area contributed by atoms with Crippen molar-refractivity contribution in [1.29, 1.82) is 0 Å². The first kappa shape index (κ1) is 25.1. The molecule has 5 nitrogen and oxygen atoms in total. The summed E-state index contributed by atoms with van der Waals surface area (Å²) in [5.74, 6) is -0.332. The van der Waals surface area contributed by atoms with Gasteiger partial charge in [0.05, 0.1) is 0 Å². The second kappa shape index (κ2) is 12.7. The molecule has 0 aliphatic rings. The van der Waals surface area contributed by atoms with Gasteiger partial charge >= 0.3 is 0 Å². The van der Waals surface area contributed by atoms with Gasteiger partial charge in [-0.2, -0.15) is 0 Å². The van der Waals surface area contributed by atoms with Crippen LogP contribution < -0.4 is 5.32 Å². The maximum absolute atomic E-state index is 13.7. The van der Waals surface area contributed by atoms with Crippen molar-refractivity contribution in [3.63, 3.8) is 0 Å². The molecule has 3 aromatic carbocycles. The maximum Gasteiger partial charge on any atom is 0.247 e. The first-order valence-corrected chi connectivity index (χ1v) is 12.3. The molecule has 1 atom stereocenters. The second-order valence-corrected chi connectivity index (χ2v) is 8.96. The minimum absolute atomic E-state index is 0.0956. The average Bonchev–Trinajstić information content (AvgIpc) is 2.93. The quantitative estimate of drug-likeness (QED) is 0.303. The van der Waals surface area contributed by atoms with E-state index in [1.807, 2.05) is 84.9 Å². The van der Waals surface area contributed by atoms with Crippen LogP contribution >= 0.6 is 11.6 Å². The van der Waals surface area contributed by atoms with Gasteiger partial charge in [-0.15, -0.1) is 0 Å². The Morgan fingerprint density at radius 1 is 0.778 bits per heavy atom. The van der Waals surface area contributed by atoms with E-state index in [1.165, 1.54) is 0 Å². The van der Waals surface area contributed by atoms with Crippen LogP contribution in [-0.2, 0) is 29.1 Å². The highest BCUT2D eigenvalue weighted by Crippen LogP contribution is 2.26. The number of aryl methyl sites for hydroxylation is 1. The number of hydrogen-bond donors (Lipinski definition) is 1. The predicted octanol–water partition coefficient (Wildman–Crippen LogP) is 5.75. The molecule has 2 amide bonds. The van der Waals surface area contributed by atoms with Crippen LogP contribution in [0.4, 0.5) is 0 Å². The Balaban J connectivity index is 1.62. The van der Waals surface area contributed by atoms with Crippen LogP contribution in [0.25, 0.3) is 0 Å². The molecule has 0 radical (unpaired) electrons. The molecule has 1 N–H and O–H groups in total. The SMILES string of the molecule is O=C(NCc1ccncc1)[C@H](c1ccccc1)N(Cc1ccc(Cl)cc1)C(=O)CCc1ccccc1. The summed E-state index contributed by atoms with van der Waals surface area (Å²) >= 11 is 6.09. The molecule has 182 valence electrons. The van der Waals surface area contributed by atoms with Gasteiger partial charge < -0.3 is 10.2 Å². The Morgan fingerprint density at radius 3 is 2.08 bits per heavy atom. The van der Waals surface area contributed by atoms with Crippen molar-refractivity contribution in [2.24, 2.45) is 0 Å². The largest absolute Gasteiger partial charge is 0.350 e. The van der Waals surface area contributed by atoms with E-state index in [4.69, 9.17) is 11.6 Å². The monoisotopic (exact) mass is 497 g/mol. The van der Waals surface area contributed by atoms with E-state index in [-0.39, 0.29) is 18.4 Å². The van der Waals surface area contributed by atoms with Crippen LogP contribution in [0, 0.1) is 0 Å². The zero-order valence-corrected chi connectivity index (χ0v) is 20.6. The zero-order chi connectivity index (χ0) is 25.2. The average molecular weight is 498 g/mol. The number of nitrogens with one attached hydrogen (secondary N) is 1. The molecule has 0 saturated heterocycles. The van der Waals surface area contributed by atoms with E-state index < -0.39 is 6.04 Å². The minimum atomic E-state index is -0.785. The van der Waals surface area contributed by atoms with Crippen molar-refractivity contribution < 1.29 is 9.59 Å². The van der Waals surface area contributed by atoms with E-state index in [0.29, 0.717) is 24.4 Å². The van der Waals surface area contributed by atoms with Gasteiger partial charge in [0.15, 0.2) is 0 Å². The molecule has 0 saturated carbocycles. The van der Waals surface area contributed by atoms with Gasteiger partial charge in [-0.05, 0) is 52.9 Å². The molecule has 0 bridgehead atoms. The number of hydrogen-bond acceptors (Lipinski definition) is 3. The van der Waals surface area contributed by atoms with E-state index in [0.717, 1.165) is 22.3 Å². The smallest absolute Gasteiger partial charge is 0.247 e. The Bertz CT molecular complexity index is 1250. The third-order valence-electron chi connectivity index (χ3n) is 5.95. The molecule has 0 aliphatic heterocycles. The van der Waals surface area contributed by atoms with Crippen LogP contribution in [-0.4, -0.2) is 21.7 Å². The highest BCUT2D eigenvalue weighted by molar-refractivity contribution is 6.30. The normalized spacial score (nSPS) is 11.5. The van der Waals surface area contributed by atoms with Crippen LogP contribution in [0.2, 0.25) is 5.02 Å². The lowest BCUT2D eigenvalue weighted by Crippen LogP contribution is -2.43. The number of amides is 2. The molecule has 0 spiro atoms. The molecule has 36 heavy (non-hydrogen) atoms. The van der Waals surface area contributed by atoms with Crippen LogP contribution in [0.5, 0.6) is 0 Å². The summed E-state index contributed by atoms with van der Waals surface area (Å²) in [7, 11) is 0.